The fourth-order valence-corrected chi connectivity index (χ4v) is 2.16. The molecule has 18 heavy (non-hydrogen) atoms. The molecule has 1 aromatic carbocycles. The molecule has 0 radical (unpaired) electrons. The van der Waals surface area contributed by atoms with Crippen LogP contribution in [0.15, 0.2) is 16.6 Å². The summed E-state index contributed by atoms with van der Waals surface area (Å²) in [4.78, 5) is 4.21. The average molecular weight is 314 g/mol. The summed E-state index contributed by atoms with van der Waals surface area (Å²) < 4.78 is 15.8. The van der Waals surface area contributed by atoms with E-state index in [1.807, 2.05) is 4.57 Å². The normalized spacial score (nSPS) is 13.4. The number of anilines is 1. The van der Waals surface area contributed by atoms with Crippen LogP contribution in [0.1, 0.15) is 20.8 Å². The van der Waals surface area contributed by atoms with Gasteiger partial charge in [-0.25, -0.2) is 9.37 Å². The van der Waals surface area contributed by atoms with E-state index < -0.39 is 0 Å². The van der Waals surface area contributed by atoms with Crippen LogP contribution in [0, 0.1) is 17.7 Å². The molecule has 2 N–H and O–H groups in total. The maximum absolute atomic E-state index is 13.4. The lowest BCUT2D eigenvalue weighted by atomic mass is 9.98. The van der Waals surface area contributed by atoms with Crippen LogP contribution < -0.4 is 5.73 Å². The van der Waals surface area contributed by atoms with Gasteiger partial charge in [0, 0.05) is 12.6 Å². The SMILES string of the molecule is CC(C)C(C)Cn1c(N)nc2cc(F)c(Br)cc21. The molecule has 0 aliphatic rings. The van der Waals surface area contributed by atoms with Gasteiger partial charge in [0.25, 0.3) is 0 Å². The molecule has 0 saturated heterocycles. The van der Waals surface area contributed by atoms with Crippen LogP contribution in [0.25, 0.3) is 11.0 Å². The molecule has 3 nitrogen and oxygen atoms in total. The molecule has 0 fully saturated rings. The summed E-state index contributed by atoms with van der Waals surface area (Å²) in [6.45, 7) is 7.32. The second-order valence-electron chi connectivity index (χ2n) is 5.06. The number of hydrogen-bond donors (Lipinski definition) is 1. The van der Waals surface area contributed by atoms with Crippen molar-refractivity contribution in [3.8, 4) is 0 Å². The Labute approximate surface area is 114 Å². The lowest BCUT2D eigenvalue weighted by Crippen LogP contribution is -2.14. The maximum atomic E-state index is 13.4. The molecule has 0 aliphatic carbocycles. The molecule has 98 valence electrons. The van der Waals surface area contributed by atoms with Crippen molar-refractivity contribution in [3.05, 3.63) is 22.4 Å². The zero-order valence-corrected chi connectivity index (χ0v) is 12.3. The Balaban J connectivity index is 2.50. The first kappa shape index (κ1) is 13.3. The Morgan fingerprint density at radius 2 is 2.06 bits per heavy atom. The molecule has 2 aromatic rings. The van der Waals surface area contributed by atoms with Crippen molar-refractivity contribution in [2.75, 3.05) is 5.73 Å². The molecule has 2 rings (SSSR count). The molecule has 1 atom stereocenters. The molecule has 0 spiro atoms. The van der Waals surface area contributed by atoms with Gasteiger partial charge in [-0.1, -0.05) is 20.8 Å². The largest absolute Gasteiger partial charge is 0.369 e. The van der Waals surface area contributed by atoms with Gasteiger partial charge >= 0.3 is 0 Å². The number of nitrogen functional groups attached to an aromatic ring is 1. The first-order chi connectivity index (χ1) is 8.40. The highest BCUT2D eigenvalue weighted by atomic mass is 79.9. The predicted octanol–water partition coefficient (Wildman–Crippen LogP) is 3.81. The fourth-order valence-electron chi connectivity index (χ4n) is 1.83. The summed E-state index contributed by atoms with van der Waals surface area (Å²) in [7, 11) is 0. The van der Waals surface area contributed by atoms with Gasteiger partial charge in [0.05, 0.1) is 15.5 Å². The highest BCUT2D eigenvalue weighted by molar-refractivity contribution is 9.10. The van der Waals surface area contributed by atoms with Crippen LogP contribution in [0.4, 0.5) is 10.3 Å². The summed E-state index contributed by atoms with van der Waals surface area (Å²) in [5.74, 6) is 1.17. The predicted molar refractivity (Wildman–Crippen MR) is 75.8 cm³/mol. The van der Waals surface area contributed by atoms with Crippen molar-refractivity contribution in [1.29, 1.82) is 0 Å². The standard InChI is InChI=1S/C13H17BrFN3/c1-7(2)8(3)6-18-12-4-9(14)10(15)5-11(12)17-13(18)16/h4-5,7-8H,6H2,1-3H3,(H2,16,17). The van der Waals surface area contributed by atoms with E-state index in [-0.39, 0.29) is 5.82 Å². The fraction of sp³-hybridized carbons (Fsp3) is 0.462. The second kappa shape index (κ2) is 4.88. The third-order valence-corrected chi connectivity index (χ3v) is 4.04. The Bertz CT molecular complexity index is 577. The van der Waals surface area contributed by atoms with Crippen LogP contribution in [-0.4, -0.2) is 9.55 Å². The van der Waals surface area contributed by atoms with E-state index in [0.717, 1.165) is 12.1 Å². The molecule has 1 unspecified atom stereocenters. The van der Waals surface area contributed by atoms with Gasteiger partial charge in [0.1, 0.15) is 5.82 Å². The monoisotopic (exact) mass is 313 g/mol. The number of benzene rings is 1. The van der Waals surface area contributed by atoms with Crippen LogP contribution >= 0.6 is 15.9 Å². The first-order valence-electron chi connectivity index (χ1n) is 6.01. The maximum Gasteiger partial charge on any atom is 0.201 e. The van der Waals surface area contributed by atoms with E-state index in [0.29, 0.717) is 27.8 Å². The Morgan fingerprint density at radius 1 is 1.39 bits per heavy atom. The lowest BCUT2D eigenvalue weighted by Gasteiger charge is -2.17. The number of hydrogen-bond acceptors (Lipinski definition) is 2. The van der Waals surface area contributed by atoms with Crippen LogP contribution in [-0.2, 0) is 6.54 Å². The van der Waals surface area contributed by atoms with E-state index >= 15 is 0 Å². The summed E-state index contributed by atoms with van der Waals surface area (Å²) in [5.41, 5.74) is 7.39. The number of aromatic nitrogens is 2. The number of nitrogens with zero attached hydrogens (tertiary/aromatic N) is 2. The molecule has 0 aliphatic heterocycles. The Hall–Kier alpha value is -1.10. The third-order valence-electron chi connectivity index (χ3n) is 3.43. The van der Waals surface area contributed by atoms with Gasteiger partial charge in [-0.15, -0.1) is 0 Å². The van der Waals surface area contributed by atoms with Crippen molar-refractivity contribution in [3.63, 3.8) is 0 Å². The highest BCUT2D eigenvalue weighted by Crippen LogP contribution is 2.26. The number of rotatable bonds is 3. The molecular weight excluding hydrogens is 297 g/mol. The van der Waals surface area contributed by atoms with E-state index in [2.05, 4.69) is 41.7 Å². The average Bonchev–Trinajstić information content (AvgIpc) is 2.56. The van der Waals surface area contributed by atoms with E-state index in [1.54, 1.807) is 6.07 Å². The second-order valence-corrected chi connectivity index (χ2v) is 5.91. The highest BCUT2D eigenvalue weighted by Gasteiger charge is 2.15. The van der Waals surface area contributed by atoms with E-state index in [9.17, 15) is 4.39 Å². The van der Waals surface area contributed by atoms with Crippen LogP contribution in [0.2, 0.25) is 0 Å². The van der Waals surface area contributed by atoms with Gasteiger partial charge in [0.2, 0.25) is 5.95 Å². The van der Waals surface area contributed by atoms with Gasteiger partial charge < -0.3 is 10.3 Å². The van der Waals surface area contributed by atoms with Crippen molar-refractivity contribution in [1.82, 2.24) is 9.55 Å². The van der Waals surface area contributed by atoms with Crippen molar-refractivity contribution in [2.45, 2.75) is 27.3 Å². The molecule has 1 heterocycles. The Morgan fingerprint density at radius 3 is 2.67 bits per heavy atom. The molecule has 0 bridgehead atoms. The van der Waals surface area contributed by atoms with Crippen LogP contribution in [0.5, 0.6) is 0 Å². The lowest BCUT2D eigenvalue weighted by molar-refractivity contribution is 0.371. The topological polar surface area (TPSA) is 43.8 Å². The molecule has 1 aromatic heterocycles. The minimum atomic E-state index is -0.316. The zero-order valence-electron chi connectivity index (χ0n) is 10.7. The number of nitrogens with two attached hydrogens (primary N) is 1. The summed E-state index contributed by atoms with van der Waals surface area (Å²) in [5, 5.41) is 0. The minimum Gasteiger partial charge on any atom is -0.369 e. The van der Waals surface area contributed by atoms with Gasteiger partial charge in [-0.05, 0) is 33.8 Å². The van der Waals surface area contributed by atoms with Crippen LogP contribution in [0.3, 0.4) is 0 Å². The van der Waals surface area contributed by atoms with Crippen molar-refractivity contribution in [2.24, 2.45) is 11.8 Å². The number of fused-ring (bicyclic) bond motifs is 1. The van der Waals surface area contributed by atoms with Gasteiger partial charge in [0.15, 0.2) is 0 Å². The molecule has 5 heteroatoms. The smallest absolute Gasteiger partial charge is 0.201 e. The first-order valence-corrected chi connectivity index (χ1v) is 6.80. The third kappa shape index (κ3) is 2.36. The number of imidazole rings is 1. The van der Waals surface area contributed by atoms with E-state index in [1.165, 1.54) is 6.07 Å². The molecule has 0 amide bonds. The molecular formula is C13H17BrFN3. The summed E-state index contributed by atoms with van der Waals surface area (Å²) in [6, 6.07) is 3.15. The van der Waals surface area contributed by atoms with E-state index in [4.69, 9.17) is 5.73 Å². The Kier molecular flexibility index (Phi) is 3.61. The number of halogens is 2. The summed E-state index contributed by atoms with van der Waals surface area (Å²) in [6.07, 6.45) is 0. The minimum absolute atomic E-state index is 0.316. The van der Waals surface area contributed by atoms with Gasteiger partial charge in [-0.2, -0.15) is 0 Å². The van der Waals surface area contributed by atoms with Gasteiger partial charge in [-0.3, -0.25) is 0 Å². The van der Waals surface area contributed by atoms with Crippen molar-refractivity contribution >= 4 is 32.9 Å². The molecule has 0 saturated carbocycles. The van der Waals surface area contributed by atoms with Crippen molar-refractivity contribution < 1.29 is 4.39 Å². The zero-order chi connectivity index (χ0) is 13.4. The summed E-state index contributed by atoms with van der Waals surface area (Å²) >= 11 is 3.20. The quantitative estimate of drug-likeness (QED) is 0.936.